The molecule has 8 heteroatoms. The van der Waals surface area contributed by atoms with Crippen molar-refractivity contribution in [3.8, 4) is 0 Å². The van der Waals surface area contributed by atoms with Crippen LogP contribution in [0.15, 0.2) is 48.9 Å². The van der Waals surface area contributed by atoms with Crippen molar-refractivity contribution in [2.24, 2.45) is 11.7 Å². The number of rotatable bonds is 6. The van der Waals surface area contributed by atoms with Crippen LogP contribution < -0.4 is 11.1 Å². The van der Waals surface area contributed by atoms with Crippen molar-refractivity contribution in [2.75, 3.05) is 6.54 Å². The monoisotopic (exact) mass is 341 g/mol. The lowest BCUT2D eigenvalue weighted by molar-refractivity contribution is -0.121. The molecule has 1 unspecified atom stereocenters. The summed E-state index contributed by atoms with van der Waals surface area (Å²) in [5.41, 5.74) is 6.91. The fraction of sp³-hybridized carbons (Fsp3) is 0.176. The third-order valence-corrected chi connectivity index (χ3v) is 3.83. The molecular formula is C17H16FN5O2. The van der Waals surface area contributed by atoms with E-state index in [9.17, 15) is 14.0 Å². The summed E-state index contributed by atoms with van der Waals surface area (Å²) < 4.78 is 14.4. The van der Waals surface area contributed by atoms with Crippen LogP contribution in [0, 0.1) is 11.7 Å². The van der Waals surface area contributed by atoms with Gasteiger partial charge in [0, 0.05) is 18.9 Å². The molecule has 0 fully saturated rings. The Morgan fingerprint density at radius 3 is 2.76 bits per heavy atom. The molecule has 0 radical (unpaired) electrons. The van der Waals surface area contributed by atoms with E-state index in [2.05, 4.69) is 15.4 Å². The van der Waals surface area contributed by atoms with Crippen LogP contribution in [0.25, 0.3) is 5.65 Å². The Balaban J connectivity index is 1.67. The second-order valence-electron chi connectivity index (χ2n) is 5.59. The van der Waals surface area contributed by atoms with E-state index >= 15 is 0 Å². The Morgan fingerprint density at radius 1 is 1.28 bits per heavy atom. The van der Waals surface area contributed by atoms with E-state index in [0.29, 0.717) is 17.6 Å². The highest BCUT2D eigenvalue weighted by Crippen LogP contribution is 2.11. The second-order valence-corrected chi connectivity index (χ2v) is 5.59. The predicted molar refractivity (Wildman–Crippen MR) is 88.1 cm³/mol. The van der Waals surface area contributed by atoms with Crippen LogP contribution in [0.5, 0.6) is 0 Å². The summed E-state index contributed by atoms with van der Waals surface area (Å²) >= 11 is 0. The first-order valence-electron chi connectivity index (χ1n) is 7.65. The Morgan fingerprint density at radius 2 is 2.04 bits per heavy atom. The molecule has 7 nitrogen and oxygen atoms in total. The van der Waals surface area contributed by atoms with Crippen LogP contribution in [-0.4, -0.2) is 33.0 Å². The molecule has 2 amide bonds. The van der Waals surface area contributed by atoms with Gasteiger partial charge in [-0.25, -0.2) is 13.9 Å². The standard InChI is InChI=1S/C17H16FN5O2/c18-13-4-2-11(3-5-13)8-12(15(19)24)9-21-17(25)14-10-22-23-7-1-6-20-16(14)23/h1-7,10,12H,8-9H2,(H2,19,24)(H,21,25). The van der Waals surface area contributed by atoms with E-state index in [1.54, 1.807) is 30.6 Å². The van der Waals surface area contributed by atoms with Crippen molar-refractivity contribution in [1.29, 1.82) is 0 Å². The van der Waals surface area contributed by atoms with Gasteiger partial charge >= 0.3 is 0 Å². The number of nitrogens with one attached hydrogen (secondary N) is 1. The van der Waals surface area contributed by atoms with Crippen molar-refractivity contribution in [1.82, 2.24) is 19.9 Å². The highest BCUT2D eigenvalue weighted by Gasteiger charge is 2.19. The molecule has 3 rings (SSSR count). The number of aromatic nitrogens is 3. The van der Waals surface area contributed by atoms with E-state index in [1.165, 1.54) is 22.8 Å². The molecule has 0 aliphatic rings. The van der Waals surface area contributed by atoms with E-state index in [0.717, 1.165) is 5.56 Å². The Labute approximate surface area is 142 Å². The van der Waals surface area contributed by atoms with E-state index in [4.69, 9.17) is 5.73 Å². The van der Waals surface area contributed by atoms with E-state index in [-0.39, 0.29) is 18.3 Å². The average Bonchev–Trinajstić information content (AvgIpc) is 3.04. The zero-order valence-corrected chi connectivity index (χ0v) is 13.2. The highest BCUT2D eigenvalue weighted by molar-refractivity contribution is 5.99. The van der Waals surface area contributed by atoms with Gasteiger partial charge in [0.1, 0.15) is 11.4 Å². The van der Waals surface area contributed by atoms with Crippen LogP contribution >= 0.6 is 0 Å². The molecule has 2 aromatic heterocycles. The molecule has 0 saturated heterocycles. The number of amides is 2. The molecular weight excluding hydrogens is 325 g/mol. The fourth-order valence-corrected chi connectivity index (χ4v) is 2.48. The number of nitrogens with zero attached hydrogens (tertiary/aromatic N) is 3. The summed E-state index contributed by atoms with van der Waals surface area (Å²) in [5.74, 6) is -1.89. The maximum atomic E-state index is 13.0. The van der Waals surface area contributed by atoms with Gasteiger partial charge in [0.05, 0.1) is 12.1 Å². The molecule has 1 aromatic carbocycles. The Bertz CT molecular complexity index is 907. The first-order chi connectivity index (χ1) is 12.0. The Hall–Kier alpha value is -3.29. The number of hydrogen-bond acceptors (Lipinski definition) is 4. The number of hydrogen-bond donors (Lipinski definition) is 2. The summed E-state index contributed by atoms with van der Waals surface area (Å²) in [6, 6.07) is 7.51. The molecule has 25 heavy (non-hydrogen) atoms. The maximum Gasteiger partial charge on any atom is 0.256 e. The molecule has 2 heterocycles. The minimum Gasteiger partial charge on any atom is -0.369 e. The molecule has 3 aromatic rings. The number of carbonyl (C=O) groups excluding carboxylic acids is 2. The fourth-order valence-electron chi connectivity index (χ4n) is 2.48. The number of fused-ring (bicyclic) bond motifs is 1. The summed E-state index contributed by atoms with van der Waals surface area (Å²) in [7, 11) is 0. The van der Waals surface area contributed by atoms with Gasteiger partial charge in [0.2, 0.25) is 5.91 Å². The molecule has 1 atom stereocenters. The second kappa shape index (κ2) is 7.08. The summed E-state index contributed by atoms with van der Waals surface area (Å²) in [5, 5.41) is 6.73. The Kier molecular flexibility index (Phi) is 4.69. The smallest absolute Gasteiger partial charge is 0.256 e. The third kappa shape index (κ3) is 3.79. The molecule has 0 aliphatic carbocycles. The number of halogens is 1. The van der Waals surface area contributed by atoms with E-state index < -0.39 is 11.8 Å². The summed E-state index contributed by atoms with van der Waals surface area (Å²) in [6.45, 7) is 0.0652. The van der Waals surface area contributed by atoms with Crippen LogP contribution in [0.2, 0.25) is 0 Å². The van der Waals surface area contributed by atoms with Gasteiger partial charge in [-0.1, -0.05) is 12.1 Å². The maximum absolute atomic E-state index is 13.0. The predicted octanol–water partition coefficient (Wildman–Crippen LogP) is 0.942. The van der Waals surface area contributed by atoms with Gasteiger partial charge in [-0.15, -0.1) is 0 Å². The van der Waals surface area contributed by atoms with Crippen LogP contribution in [0.3, 0.4) is 0 Å². The van der Waals surface area contributed by atoms with Gasteiger partial charge in [-0.2, -0.15) is 5.10 Å². The van der Waals surface area contributed by atoms with Crippen molar-refractivity contribution >= 4 is 17.5 Å². The van der Waals surface area contributed by atoms with Crippen LogP contribution in [0.1, 0.15) is 15.9 Å². The minimum absolute atomic E-state index is 0.0652. The van der Waals surface area contributed by atoms with Crippen molar-refractivity contribution in [3.63, 3.8) is 0 Å². The summed E-state index contributed by atoms with van der Waals surface area (Å²) in [4.78, 5) is 28.1. The first-order valence-corrected chi connectivity index (χ1v) is 7.65. The average molecular weight is 341 g/mol. The normalized spacial score (nSPS) is 12.0. The summed E-state index contributed by atoms with van der Waals surface area (Å²) in [6.07, 6.45) is 4.97. The molecule has 3 N–H and O–H groups in total. The van der Waals surface area contributed by atoms with Gasteiger partial charge < -0.3 is 11.1 Å². The van der Waals surface area contributed by atoms with Crippen LogP contribution in [-0.2, 0) is 11.2 Å². The number of primary amides is 1. The number of nitrogens with two attached hydrogens (primary N) is 1. The van der Waals surface area contributed by atoms with Gasteiger partial charge in [0.15, 0.2) is 5.65 Å². The van der Waals surface area contributed by atoms with Crippen LogP contribution in [0.4, 0.5) is 4.39 Å². The largest absolute Gasteiger partial charge is 0.369 e. The van der Waals surface area contributed by atoms with E-state index in [1.807, 2.05) is 0 Å². The van der Waals surface area contributed by atoms with Crippen molar-refractivity contribution in [2.45, 2.75) is 6.42 Å². The third-order valence-electron chi connectivity index (χ3n) is 3.83. The van der Waals surface area contributed by atoms with Gasteiger partial charge in [-0.05, 0) is 30.2 Å². The molecule has 0 bridgehead atoms. The SMILES string of the molecule is NC(=O)C(CNC(=O)c1cnn2cccnc12)Cc1ccc(F)cc1. The topological polar surface area (TPSA) is 102 Å². The molecule has 0 spiro atoms. The lowest BCUT2D eigenvalue weighted by Crippen LogP contribution is -2.37. The molecule has 0 aliphatic heterocycles. The highest BCUT2D eigenvalue weighted by atomic mass is 19.1. The zero-order valence-electron chi connectivity index (χ0n) is 13.2. The quantitative estimate of drug-likeness (QED) is 0.696. The van der Waals surface area contributed by atoms with Gasteiger partial charge in [-0.3, -0.25) is 9.59 Å². The number of carbonyl (C=O) groups is 2. The lowest BCUT2D eigenvalue weighted by Gasteiger charge is -2.14. The molecule has 128 valence electrons. The zero-order chi connectivity index (χ0) is 17.8. The lowest BCUT2D eigenvalue weighted by atomic mass is 9.98. The number of benzene rings is 1. The first kappa shape index (κ1) is 16.6. The van der Waals surface area contributed by atoms with Gasteiger partial charge in [0.25, 0.3) is 5.91 Å². The minimum atomic E-state index is -0.607. The molecule has 0 saturated carbocycles. The van der Waals surface area contributed by atoms with Crippen molar-refractivity contribution < 1.29 is 14.0 Å². The van der Waals surface area contributed by atoms with Crippen molar-refractivity contribution in [3.05, 3.63) is 65.9 Å².